The van der Waals surface area contributed by atoms with E-state index >= 15 is 0 Å². The first-order valence-corrected chi connectivity index (χ1v) is 6.13. The topological polar surface area (TPSA) is 59.1 Å². The van der Waals surface area contributed by atoms with E-state index in [1.54, 1.807) is 6.20 Å². The van der Waals surface area contributed by atoms with E-state index in [9.17, 15) is 5.11 Å². The van der Waals surface area contributed by atoms with E-state index in [4.69, 9.17) is 5.73 Å². The Morgan fingerprint density at radius 2 is 1.89 bits per heavy atom. The van der Waals surface area contributed by atoms with Gasteiger partial charge in [-0.1, -0.05) is 43.3 Å². The van der Waals surface area contributed by atoms with Crippen LogP contribution in [0.5, 0.6) is 0 Å². The SMILES string of the molecule is CCC(O)(Cc1cccnc1N)c1ccccc1. The molecule has 3 heteroatoms. The van der Waals surface area contributed by atoms with Crippen LogP contribution < -0.4 is 5.73 Å². The number of hydrogen-bond acceptors (Lipinski definition) is 3. The first kappa shape index (κ1) is 12.6. The normalized spacial score (nSPS) is 14.1. The minimum atomic E-state index is -0.890. The molecule has 94 valence electrons. The number of hydrogen-bond donors (Lipinski definition) is 2. The lowest BCUT2D eigenvalue weighted by atomic mass is 9.85. The third-order valence-corrected chi connectivity index (χ3v) is 3.31. The molecule has 3 nitrogen and oxygen atoms in total. The zero-order valence-corrected chi connectivity index (χ0v) is 10.5. The maximum atomic E-state index is 10.8. The van der Waals surface area contributed by atoms with Crippen LogP contribution in [-0.4, -0.2) is 10.1 Å². The minimum Gasteiger partial charge on any atom is -0.385 e. The molecule has 18 heavy (non-hydrogen) atoms. The van der Waals surface area contributed by atoms with Crippen molar-refractivity contribution in [2.24, 2.45) is 0 Å². The molecular weight excluding hydrogens is 224 g/mol. The van der Waals surface area contributed by atoms with Gasteiger partial charge in [0, 0.05) is 12.6 Å². The van der Waals surface area contributed by atoms with Gasteiger partial charge in [0.05, 0.1) is 5.60 Å². The molecule has 3 N–H and O–H groups in total. The molecule has 0 aliphatic heterocycles. The molecule has 1 aromatic heterocycles. The summed E-state index contributed by atoms with van der Waals surface area (Å²) in [6.45, 7) is 1.97. The number of nitrogens with zero attached hydrogens (tertiary/aromatic N) is 1. The molecule has 1 unspecified atom stereocenters. The fourth-order valence-electron chi connectivity index (χ4n) is 2.09. The van der Waals surface area contributed by atoms with Crippen LogP contribution >= 0.6 is 0 Å². The molecule has 0 bridgehead atoms. The molecule has 0 fully saturated rings. The highest BCUT2D eigenvalue weighted by Crippen LogP contribution is 2.30. The lowest BCUT2D eigenvalue weighted by molar-refractivity contribution is 0.0328. The van der Waals surface area contributed by atoms with Gasteiger partial charge in [0.25, 0.3) is 0 Å². The minimum absolute atomic E-state index is 0.479. The van der Waals surface area contributed by atoms with Crippen LogP contribution in [0.4, 0.5) is 5.82 Å². The van der Waals surface area contributed by atoms with Gasteiger partial charge in [0.1, 0.15) is 5.82 Å². The molecule has 1 aromatic carbocycles. The van der Waals surface area contributed by atoms with Gasteiger partial charge in [-0.15, -0.1) is 0 Å². The Balaban J connectivity index is 2.32. The number of pyridine rings is 1. The van der Waals surface area contributed by atoms with E-state index in [-0.39, 0.29) is 0 Å². The molecule has 2 rings (SSSR count). The number of anilines is 1. The molecule has 1 heterocycles. The van der Waals surface area contributed by atoms with Gasteiger partial charge in [-0.25, -0.2) is 4.98 Å². The predicted octanol–water partition coefficient (Wildman–Crippen LogP) is 2.50. The second-order valence-corrected chi connectivity index (χ2v) is 4.48. The van der Waals surface area contributed by atoms with Crippen molar-refractivity contribution >= 4 is 5.82 Å². The molecule has 0 amide bonds. The first-order valence-electron chi connectivity index (χ1n) is 6.13. The number of nitrogen functional groups attached to an aromatic ring is 1. The van der Waals surface area contributed by atoms with E-state index in [2.05, 4.69) is 4.98 Å². The Kier molecular flexibility index (Phi) is 3.63. The van der Waals surface area contributed by atoms with Gasteiger partial charge in [0.15, 0.2) is 0 Å². The van der Waals surface area contributed by atoms with Crippen molar-refractivity contribution in [3.05, 3.63) is 59.8 Å². The van der Waals surface area contributed by atoms with Gasteiger partial charge in [-0.2, -0.15) is 0 Å². The van der Waals surface area contributed by atoms with Crippen LogP contribution in [0.1, 0.15) is 24.5 Å². The monoisotopic (exact) mass is 242 g/mol. The van der Waals surface area contributed by atoms with Gasteiger partial charge in [-0.3, -0.25) is 0 Å². The smallest absolute Gasteiger partial charge is 0.126 e. The average Bonchev–Trinajstić information content (AvgIpc) is 2.42. The summed E-state index contributed by atoms with van der Waals surface area (Å²) >= 11 is 0. The van der Waals surface area contributed by atoms with Crippen LogP contribution in [0, 0.1) is 0 Å². The van der Waals surface area contributed by atoms with Crippen LogP contribution in [0.2, 0.25) is 0 Å². The van der Waals surface area contributed by atoms with Crippen LogP contribution in [0.15, 0.2) is 48.7 Å². The van der Waals surface area contributed by atoms with Crippen molar-refractivity contribution in [2.75, 3.05) is 5.73 Å². The van der Waals surface area contributed by atoms with Gasteiger partial charge < -0.3 is 10.8 Å². The molecule has 0 saturated heterocycles. The predicted molar refractivity (Wildman–Crippen MR) is 73.0 cm³/mol. The average molecular weight is 242 g/mol. The van der Waals surface area contributed by atoms with E-state index in [0.29, 0.717) is 18.7 Å². The van der Waals surface area contributed by atoms with Gasteiger partial charge in [-0.05, 0) is 23.6 Å². The molecule has 0 aliphatic carbocycles. The van der Waals surface area contributed by atoms with E-state index in [1.165, 1.54) is 0 Å². The maximum absolute atomic E-state index is 10.8. The first-order chi connectivity index (χ1) is 8.65. The molecule has 0 radical (unpaired) electrons. The summed E-state index contributed by atoms with van der Waals surface area (Å²) in [4.78, 5) is 4.06. The Morgan fingerprint density at radius 1 is 1.17 bits per heavy atom. The number of nitrogens with two attached hydrogens (primary N) is 1. The lowest BCUT2D eigenvalue weighted by Gasteiger charge is -2.27. The molecule has 0 aliphatic rings. The lowest BCUT2D eigenvalue weighted by Crippen LogP contribution is -2.28. The fraction of sp³-hybridized carbons (Fsp3) is 0.267. The molecular formula is C15H18N2O. The van der Waals surface area contributed by atoms with Crippen LogP contribution in [-0.2, 0) is 12.0 Å². The standard InChI is InChI=1S/C15H18N2O/c1-2-15(18,13-8-4-3-5-9-13)11-12-7-6-10-17-14(12)16/h3-10,18H,2,11H2,1H3,(H2,16,17). The van der Waals surface area contributed by atoms with Crippen molar-refractivity contribution in [1.29, 1.82) is 0 Å². The van der Waals surface area contributed by atoms with Gasteiger partial charge >= 0.3 is 0 Å². The third-order valence-electron chi connectivity index (χ3n) is 3.31. The maximum Gasteiger partial charge on any atom is 0.126 e. The number of rotatable bonds is 4. The van der Waals surface area contributed by atoms with Crippen molar-refractivity contribution in [3.63, 3.8) is 0 Å². The number of benzene rings is 1. The van der Waals surface area contributed by atoms with E-state index in [0.717, 1.165) is 11.1 Å². The Bertz CT molecular complexity index is 513. The van der Waals surface area contributed by atoms with Crippen molar-refractivity contribution in [3.8, 4) is 0 Å². The summed E-state index contributed by atoms with van der Waals surface area (Å²) in [5.41, 5.74) is 6.74. The number of aliphatic hydroxyl groups is 1. The van der Waals surface area contributed by atoms with Gasteiger partial charge in [0.2, 0.25) is 0 Å². The summed E-state index contributed by atoms with van der Waals surface area (Å²) in [7, 11) is 0. The van der Waals surface area contributed by atoms with Crippen LogP contribution in [0.25, 0.3) is 0 Å². The summed E-state index contributed by atoms with van der Waals surface area (Å²) in [6, 6.07) is 13.4. The summed E-state index contributed by atoms with van der Waals surface area (Å²) in [6.07, 6.45) is 2.77. The Labute approximate surface area is 107 Å². The Hall–Kier alpha value is -1.87. The van der Waals surface area contributed by atoms with E-state index < -0.39 is 5.60 Å². The molecule has 0 spiro atoms. The van der Waals surface area contributed by atoms with Crippen molar-refractivity contribution < 1.29 is 5.11 Å². The van der Waals surface area contributed by atoms with E-state index in [1.807, 2.05) is 49.4 Å². The summed E-state index contributed by atoms with van der Waals surface area (Å²) in [5, 5.41) is 10.8. The number of aromatic nitrogens is 1. The Morgan fingerprint density at radius 3 is 2.50 bits per heavy atom. The fourth-order valence-corrected chi connectivity index (χ4v) is 2.09. The quantitative estimate of drug-likeness (QED) is 0.866. The zero-order valence-electron chi connectivity index (χ0n) is 10.5. The highest BCUT2D eigenvalue weighted by molar-refractivity contribution is 5.40. The highest BCUT2D eigenvalue weighted by atomic mass is 16.3. The third kappa shape index (κ3) is 2.51. The highest BCUT2D eigenvalue weighted by Gasteiger charge is 2.28. The molecule has 0 saturated carbocycles. The molecule has 2 aromatic rings. The largest absolute Gasteiger partial charge is 0.385 e. The summed E-state index contributed by atoms with van der Waals surface area (Å²) < 4.78 is 0. The van der Waals surface area contributed by atoms with Crippen LogP contribution in [0.3, 0.4) is 0 Å². The van der Waals surface area contributed by atoms with Crippen molar-refractivity contribution in [1.82, 2.24) is 4.98 Å². The second kappa shape index (κ2) is 5.19. The zero-order chi connectivity index (χ0) is 13.0. The molecule has 1 atom stereocenters. The van der Waals surface area contributed by atoms with Crippen molar-refractivity contribution in [2.45, 2.75) is 25.4 Å². The summed E-state index contributed by atoms with van der Waals surface area (Å²) in [5.74, 6) is 0.486. The second-order valence-electron chi connectivity index (χ2n) is 4.48.